The Hall–Kier alpha value is -0.740. The minimum absolute atomic E-state index is 0.0235. The summed E-state index contributed by atoms with van der Waals surface area (Å²) in [6.07, 6.45) is 0. The fourth-order valence-corrected chi connectivity index (χ4v) is 3.37. The van der Waals surface area contributed by atoms with Crippen molar-refractivity contribution in [2.75, 3.05) is 33.2 Å². The molecule has 0 bridgehead atoms. The zero-order valence-corrected chi connectivity index (χ0v) is 10.7. The van der Waals surface area contributed by atoms with E-state index in [2.05, 4.69) is 11.9 Å². The summed E-state index contributed by atoms with van der Waals surface area (Å²) in [4.78, 5) is 28.7. The van der Waals surface area contributed by atoms with E-state index in [1.54, 1.807) is 0 Å². The maximum absolute atomic E-state index is 12.2. The number of rotatable bonds is 1. The van der Waals surface area contributed by atoms with E-state index in [0.29, 0.717) is 6.04 Å². The van der Waals surface area contributed by atoms with Crippen molar-refractivity contribution in [3.63, 3.8) is 0 Å². The molecule has 0 aromatic carbocycles. The van der Waals surface area contributed by atoms with Gasteiger partial charge in [-0.3, -0.25) is 14.5 Å². The number of carbonyl (C=O) groups is 2. The number of hydrogen-bond acceptors (Lipinski definition) is 4. The van der Waals surface area contributed by atoms with Gasteiger partial charge in [-0.15, -0.1) is 0 Å². The van der Waals surface area contributed by atoms with Crippen LogP contribution in [0.2, 0.25) is 0 Å². The zero-order valence-electron chi connectivity index (χ0n) is 10.7. The summed E-state index contributed by atoms with van der Waals surface area (Å²) in [7, 11) is 2.07. The van der Waals surface area contributed by atoms with Gasteiger partial charge < -0.3 is 4.90 Å². The van der Waals surface area contributed by atoms with Gasteiger partial charge in [-0.2, -0.15) is 0 Å². The molecule has 2 atom stereocenters. The maximum Gasteiger partial charge on any atom is 0.173 e. The van der Waals surface area contributed by atoms with Crippen molar-refractivity contribution < 1.29 is 9.59 Å². The third kappa shape index (κ3) is 1.43. The second kappa shape index (κ2) is 3.39. The van der Waals surface area contributed by atoms with E-state index in [9.17, 15) is 9.59 Å². The highest BCUT2D eigenvalue weighted by atomic mass is 16.2. The Labute approximate surface area is 102 Å². The van der Waals surface area contributed by atoms with E-state index < -0.39 is 0 Å². The Bertz CT molecular complexity index is 359. The standard InChI is InChI=1S/C13H19N2O2/c1-13(2)8-9(13)12(17)10(11(8)16)15-6-4-14(3)5-7-15/h8-9H,4-7H2,1-3H3. The third-order valence-electron chi connectivity index (χ3n) is 4.68. The maximum atomic E-state index is 12.2. The Morgan fingerprint density at radius 2 is 1.47 bits per heavy atom. The average Bonchev–Trinajstić information content (AvgIpc) is 2.72. The van der Waals surface area contributed by atoms with Crippen LogP contribution in [0.4, 0.5) is 0 Å². The molecule has 93 valence electrons. The number of carbonyl (C=O) groups excluding carboxylic acids is 2. The molecule has 1 aliphatic heterocycles. The lowest BCUT2D eigenvalue weighted by molar-refractivity contribution is -0.127. The second-order valence-corrected chi connectivity index (χ2v) is 6.14. The van der Waals surface area contributed by atoms with E-state index in [-0.39, 0.29) is 28.8 Å². The van der Waals surface area contributed by atoms with Crippen LogP contribution >= 0.6 is 0 Å². The molecular formula is C13H19N2O2. The SMILES string of the molecule is CN1CCN([C]2C(=O)C3C(C2=O)C3(C)C)CC1. The summed E-state index contributed by atoms with van der Waals surface area (Å²) >= 11 is 0. The number of nitrogens with zero attached hydrogens (tertiary/aromatic N) is 2. The summed E-state index contributed by atoms with van der Waals surface area (Å²) in [5.74, 6) is 0.165. The van der Waals surface area contributed by atoms with E-state index in [1.807, 2.05) is 18.7 Å². The largest absolute Gasteiger partial charge is 0.304 e. The molecule has 4 heteroatoms. The van der Waals surface area contributed by atoms with Crippen molar-refractivity contribution in [3.05, 3.63) is 6.04 Å². The van der Waals surface area contributed by atoms with Crippen LogP contribution in [0, 0.1) is 23.3 Å². The summed E-state index contributed by atoms with van der Waals surface area (Å²) in [6, 6.07) is 0.507. The molecular weight excluding hydrogens is 216 g/mol. The summed E-state index contributed by atoms with van der Waals surface area (Å²) in [5.41, 5.74) is -0.0791. The molecule has 2 aliphatic carbocycles. The van der Waals surface area contributed by atoms with Crippen LogP contribution < -0.4 is 0 Å². The predicted octanol–water partition coefficient (Wildman–Crippen LogP) is 0.190. The molecule has 0 N–H and O–H groups in total. The Morgan fingerprint density at radius 3 is 1.94 bits per heavy atom. The molecule has 0 aromatic heterocycles. The van der Waals surface area contributed by atoms with Crippen molar-refractivity contribution in [1.29, 1.82) is 0 Å². The van der Waals surface area contributed by atoms with Crippen molar-refractivity contribution in [2.45, 2.75) is 13.8 Å². The number of likely N-dealkylation sites (N-methyl/N-ethyl adjacent to an activating group) is 1. The number of piperazine rings is 1. The van der Waals surface area contributed by atoms with Crippen LogP contribution in [-0.2, 0) is 9.59 Å². The molecule has 4 nitrogen and oxygen atoms in total. The lowest BCUT2D eigenvalue weighted by Gasteiger charge is -2.35. The summed E-state index contributed by atoms with van der Waals surface area (Å²) in [5, 5.41) is 0. The van der Waals surface area contributed by atoms with Crippen LogP contribution in [0.5, 0.6) is 0 Å². The molecule has 3 aliphatic rings. The molecule has 2 unspecified atom stereocenters. The number of fused-ring (bicyclic) bond motifs is 1. The first-order valence-electron chi connectivity index (χ1n) is 6.33. The number of Topliss-reactive ketones (excluding diaryl/α,β-unsaturated/α-hetero) is 2. The van der Waals surface area contributed by atoms with Gasteiger partial charge in [-0.1, -0.05) is 13.8 Å². The van der Waals surface area contributed by atoms with Gasteiger partial charge in [0, 0.05) is 38.0 Å². The van der Waals surface area contributed by atoms with Crippen LogP contribution in [-0.4, -0.2) is 54.6 Å². The fourth-order valence-electron chi connectivity index (χ4n) is 3.37. The van der Waals surface area contributed by atoms with Crippen LogP contribution in [0.3, 0.4) is 0 Å². The van der Waals surface area contributed by atoms with E-state index >= 15 is 0 Å². The second-order valence-electron chi connectivity index (χ2n) is 6.14. The van der Waals surface area contributed by atoms with Crippen LogP contribution in [0.15, 0.2) is 0 Å². The average molecular weight is 235 g/mol. The van der Waals surface area contributed by atoms with Gasteiger partial charge in [0.15, 0.2) is 17.6 Å². The van der Waals surface area contributed by atoms with Gasteiger partial charge >= 0.3 is 0 Å². The lowest BCUT2D eigenvalue weighted by atomic mass is 9.94. The first-order chi connectivity index (χ1) is 7.94. The van der Waals surface area contributed by atoms with Crippen molar-refractivity contribution in [3.8, 4) is 0 Å². The predicted molar refractivity (Wildman–Crippen MR) is 63.1 cm³/mol. The first kappa shape index (κ1) is 11.4. The molecule has 17 heavy (non-hydrogen) atoms. The fraction of sp³-hybridized carbons (Fsp3) is 0.769. The molecule has 0 aromatic rings. The van der Waals surface area contributed by atoms with Gasteiger partial charge in [0.2, 0.25) is 0 Å². The van der Waals surface area contributed by atoms with Gasteiger partial charge in [-0.25, -0.2) is 0 Å². The third-order valence-corrected chi connectivity index (χ3v) is 4.68. The topological polar surface area (TPSA) is 40.6 Å². The minimum atomic E-state index is -0.0791. The van der Waals surface area contributed by atoms with E-state index in [1.165, 1.54) is 0 Å². The Kier molecular flexibility index (Phi) is 2.26. The van der Waals surface area contributed by atoms with Gasteiger partial charge in [-0.05, 0) is 12.5 Å². The molecule has 3 fully saturated rings. The van der Waals surface area contributed by atoms with E-state index in [0.717, 1.165) is 26.2 Å². The van der Waals surface area contributed by atoms with Crippen molar-refractivity contribution >= 4 is 11.6 Å². The Morgan fingerprint density at radius 1 is 1.00 bits per heavy atom. The molecule has 1 radical (unpaired) electrons. The van der Waals surface area contributed by atoms with Crippen LogP contribution in [0.25, 0.3) is 0 Å². The number of hydrogen-bond donors (Lipinski definition) is 0. The highest BCUT2D eigenvalue weighted by Crippen LogP contribution is 2.65. The molecule has 1 saturated heterocycles. The monoisotopic (exact) mass is 235 g/mol. The minimum Gasteiger partial charge on any atom is -0.304 e. The van der Waals surface area contributed by atoms with Gasteiger partial charge in [0.05, 0.1) is 0 Å². The summed E-state index contributed by atoms with van der Waals surface area (Å²) < 4.78 is 0. The first-order valence-corrected chi connectivity index (χ1v) is 6.33. The molecule has 2 saturated carbocycles. The quantitative estimate of drug-likeness (QED) is 0.650. The zero-order chi connectivity index (χ0) is 12.4. The number of ketones is 2. The van der Waals surface area contributed by atoms with Gasteiger partial charge in [0.25, 0.3) is 0 Å². The molecule has 3 rings (SSSR count). The van der Waals surface area contributed by atoms with Gasteiger partial charge in [0.1, 0.15) is 0 Å². The normalized spacial score (nSPS) is 38.5. The molecule has 1 heterocycles. The smallest absolute Gasteiger partial charge is 0.173 e. The van der Waals surface area contributed by atoms with E-state index in [4.69, 9.17) is 0 Å². The van der Waals surface area contributed by atoms with Crippen LogP contribution in [0.1, 0.15) is 13.8 Å². The molecule has 0 amide bonds. The lowest BCUT2D eigenvalue weighted by Crippen LogP contribution is -2.49. The Balaban J connectivity index is 1.75. The highest BCUT2D eigenvalue weighted by Gasteiger charge is 2.73. The van der Waals surface area contributed by atoms with Crippen molar-refractivity contribution in [1.82, 2.24) is 9.80 Å². The highest BCUT2D eigenvalue weighted by molar-refractivity contribution is 6.27. The summed E-state index contributed by atoms with van der Waals surface area (Å²) in [6.45, 7) is 7.54. The molecule has 0 spiro atoms. The van der Waals surface area contributed by atoms with Crippen molar-refractivity contribution in [2.24, 2.45) is 17.3 Å².